The number of rotatable bonds is 5. The zero-order chi connectivity index (χ0) is 18.5. The highest BCUT2D eigenvalue weighted by Gasteiger charge is 2.28. The van der Waals surface area contributed by atoms with E-state index in [-0.39, 0.29) is 18.6 Å². The molecule has 0 bridgehead atoms. The van der Waals surface area contributed by atoms with E-state index < -0.39 is 0 Å². The number of aryl methyl sites for hydroxylation is 1. The van der Waals surface area contributed by atoms with Crippen molar-refractivity contribution in [3.05, 3.63) is 59.4 Å². The van der Waals surface area contributed by atoms with Crippen LogP contribution in [-0.2, 0) is 4.79 Å². The lowest BCUT2D eigenvalue weighted by Gasteiger charge is -2.36. The quantitative estimate of drug-likeness (QED) is 0.898. The summed E-state index contributed by atoms with van der Waals surface area (Å²) in [7, 11) is 0. The predicted octanol–water partition coefficient (Wildman–Crippen LogP) is 3.07. The van der Waals surface area contributed by atoms with Crippen LogP contribution in [-0.4, -0.2) is 42.0 Å². The topological polar surface area (TPSA) is 54.5 Å². The SMILES string of the molecule is Cc1cc(OCC(=O)N2CCNCC2c2cccnc2)ccc1C(C)C. The highest BCUT2D eigenvalue weighted by Crippen LogP contribution is 2.24. The van der Waals surface area contributed by atoms with E-state index >= 15 is 0 Å². The number of carbonyl (C=O) groups excluding carboxylic acids is 1. The fraction of sp³-hybridized carbons (Fsp3) is 0.429. The van der Waals surface area contributed by atoms with Crippen LogP contribution in [0.25, 0.3) is 0 Å². The van der Waals surface area contributed by atoms with Gasteiger partial charge in [-0.3, -0.25) is 9.78 Å². The second kappa shape index (κ2) is 8.32. The lowest BCUT2D eigenvalue weighted by atomic mass is 9.98. The zero-order valence-electron chi connectivity index (χ0n) is 15.7. The lowest BCUT2D eigenvalue weighted by Crippen LogP contribution is -2.50. The first-order valence-corrected chi connectivity index (χ1v) is 9.19. The fourth-order valence-corrected chi connectivity index (χ4v) is 3.49. The van der Waals surface area contributed by atoms with Gasteiger partial charge in [0.05, 0.1) is 6.04 Å². The normalized spacial score (nSPS) is 17.4. The minimum atomic E-state index is -0.00129. The van der Waals surface area contributed by atoms with Crippen molar-refractivity contribution in [3.8, 4) is 5.75 Å². The lowest BCUT2D eigenvalue weighted by molar-refractivity contribution is -0.136. The third-order valence-corrected chi connectivity index (χ3v) is 4.86. The molecule has 1 aromatic carbocycles. The summed E-state index contributed by atoms with van der Waals surface area (Å²) < 4.78 is 5.79. The van der Waals surface area contributed by atoms with E-state index in [2.05, 4.69) is 37.1 Å². The van der Waals surface area contributed by atoms with Crippen molar-refractivity contribution in [1.82, 2.24) is 15.2 Å². The largest absolute Gasteiger partial charge is 0.484 e. The molecule has 5 nitrogen and oxygen atoms in total. The third-order valence-electron chi connectivity index (χ3n) is 4.86. The van der Waals surface area contributed by atoms with Gasteiger partial charge in [-0.2, -0.15) is 0 Å². The number of ether oxygens (including phenoxy) is 1. The molecule has 1 aromatic heterocycles. The van der Waals surface area contributed by atoms with Crippen molar-refractivity contribution in [2.24, 2.45) is 0 Å². The number of aromatic nitrogens is 1. The molecule has 1 fully saturated rings. The zero-order valence-corrected chi connectivity index (χ0v) is 15.7. The Bertz CT molecular complexity index is 746. The Balaban J connectivity index is 1.66. The number of benzene rings is 1. The van der Waals surface area contributed by atoms with Crippen LogP contribution in [0.15, 0.2) is 42.7 Å². The number of hydrogen-bond donors (Lipinski definition) is 1. The van der Waals surface area contributed by atoms with Crippen molar-refractivity contribution >= 4 is 5.91 Å². The van der Waals surface area contributed by atoms with Crippen molar-refractivity contribution in [2.75, 3.05) is 26.2 Å². The molecule has 3 rings (SSSR count). The molecule has 26 heavy (non-hydrogen) atoms. The number of nitrogens with one attached hydrogen (secondary N) is 1. The summed E-state index contributed by atoms with van der Waals surface area (Å²) in [5.41, 5.74) is 3.55. The van der Waals surface area contributed by atoms with Crippen LogP contribution in [0.5, 0.6) is 5.75 Å². The van der Waals surface area contributed by atoms with Gasteiger partial charge in [0.25, 0.3) is 5.91 Å². The van der Waals surface area contributed by atoms with Crippen molar-refractivity contribution < 1.29 is 9.53 Å². The van der Waals surface area contributed by atoms with Crippen LogP contribution in [0, 0.1) is 6.92 Å². The van der Waals surface area contributed by atoms with Crippen LogP contribution in [0.3, 0.4) is 0 Å². The molecule has 1 unspecified atom stereocenters. The van der Waals surface area contributed by atoms with Crippen LogP contribution in [0.2, 0.25) is 0 Å². The predicted molar refractivity (Wildman–Crippen MR) is 102 cm³/mol. The first kappa shape index (κ1) is 18.4. The van der Waals surface area contributed by atoms with Gasteiger partial charge in [-0.15, -0.1) is 0 Å². The maximum atomic E-state index is 12.8. The molecular formula is C21H27N3O2. The summed E-state index contributed by atoms with van der Waals surface area (Å²) in [6, 6.07) is 9.97. The molecule has 1 saturated heterocycles. The van der Waals surface area contributed by atoms with Gasteiger partial charge in [-0.05, 0) is 47.7 Å². The van der Waals surface area contributed by atoms with Crippen LogP contribution >= 0.6 is 0 Å². The summed E-state index contributed by atoms with van der Waals surface area (Å²) in [5, 5.41) is 3.35. The van der Waals surface area contributed by atoms with Crippen LogP contribution < -0.4 is 10.1 Å². The number of nitrogens with zero attached hydrogens (tertiary/aromatic N) is 2. The van der Waals surface area contributed by atoms with E-state index in [0.29, 0.717) is 12.5 Å². The van der Waals surface area contributed by atoms with E-state index in [0.717, 1.165) is 24.4 Å². The average molecular weight is 353 g/mol. The summed E-state index contributed by atoms with van der Waals surface area (Å²) in [5.74, 6) is 1.23. The molecule has 1 N–H and O–H groups in total. The van der Waals surface area contributed by atoms with E-state index in [1.54, 1.807) is 6.20 Å². The minimum absolute atomic E-state index is 0.00129. The third kappa shape index (κ3) is 4.22. The molecular weight excluding hydrogens is 326 g/mol. The highest BCUT2D eigenvalue weighted by atomic mass is 16.5. The van der Waals surface area contributed by atoms with Gasteiger partial charge in [0.15, 0.2) is 6.61 Å². The summed E-state index contributed by atoms with van der Waals surface area (Å²) in [6.45, 7) is 8.69. The monoisotopic (exact) mass is 353 g/mol. The highest BCUT2D eigenvalue weighted by molar-refractivity contribution is 5.78. The second-order valence-electron chi connectivity index (χ2n) is 7.06. The first-order valence-electron chi connectivity index (χ1n) is 9.19. The Hall–Kier alpha value is -2.40. The molecule has 0 spiro atoms. The molecule has 1 amide bonds. The summed E-state index contributed by atoms with van der Waals surface area (Å²) in [4.78, 5) is 18.8. The van der Waals surface area contributed by atoms with Gasteiger partial charge >= 0.3 is 0 Å². The average Bonchev–Trinajstić information content (AvgIpc) is 2.66. The molecule has 5 heteroatoms. The number of amides is 1. The van der Waals surface area contributed by atoms with Crippen molar-refractivity contribution in [1.29, 1.82) is 0 Å². The van der Waals surface area contributed by atoms with Crippen LogP contribution in [0.4, 0.5) is 0 Å². The molecule has 1 aliphatic rings. The Kier molecular flexibility index (Phi) is 5.89. The summed E-state index contributed by atoms with van der Waals surface area (Å²) in [6.07, 6.45) is 3.57. The smallest absolute Gasteiger partial charge is 0.261 e. The molecule has 0 saturated carbocycles. The standard InChI is InChI=1S/C21H27N3O2/c1-15(2)19-7-6-18(11-16(19)3)26-14-21(25)24-10-9-23-13-20(24)17-5-4-8-22-12-17/h4-8,11-12,15,20,23H,9-10,13-14H2,1-3H3. The second-order valence-corrected chi connectivity index (χ2v) is 7.06. The number of pyridine rings is 1. The Labute approximate surface area is 155 Å². The molecule has 2 heterocycles. The Morgan fingerprint density at radius 3 is 2.92 bits per heavy atom. The summed E-state index contributed by atoms with van der Waals surface area (Å²) >= 11 is 0. The molecule has 0 radical (unpaired) electrons. The molecule has 1 atom stereocenters. The molecule has 1 aliphatic heterocycles. The fourth-order valence-electron chi connectivity index (χ4n) is 3.49. The Morgan fingerprint density at radius 2 is 2.23 bits per heavy atom. The van der Waals surface area contributed by atoms with Gasteiger partial charge in [-0.1, -0.05) is 26.0 Å². The Morgan fingerprint density at radius 1 is 1.38 bits per heavy atom. The van der Waals surface area contributed by atoms with E-state index in [1.165, 1.54) is 11.1 Å². The number of hydrogen-bond acceptors (Lipinski definition) is 4. The van der Waals surface area contributed by atoms with E-state index in [9.17, 15) is 4.79 Å². The molecule has 138 valence electrons. The van der Waals surface area contributed by atoms with Gasteiger partial charge in [0.2, 0.25) is 0 Å². The van der Waals surface area contributed by atoms with E-state index in [4.69, 9.17) is 4.74 Å². The molecule has 2 aromatic rings. The maximum Gasteiger partial charge on any atom is 0.261 e. The van der Waals surface area contributed by atoms with Crippen LogP contribution in [0.1, 0.15) is 42.5 Å². The number of carbonyl (C=O) groups is 1. The van der Waals surface area contributed by atoms with Gasteiger partial charge in [-0.25, -0.2) is 0 Å². The van der Waals surface area contributed by atoms with Gasteiger partial charge in [0.1, 0.15) is 5.75 Å². The maximum absolute atomic E-state index is 12.8. The minimum Gasteiger partial charge on any atom is -0.484 e. The first-order chi connectivity index (χ1) is 12.6. The number of piperazine rings is 1. The molecule has 0 aliphatic carbocycles. The van der Waals surface area contributed by atoms with Crippen molar-refractivity contribution in [3.63, 3.8) is 0 Å². The van der Waals surface area contributed by atoms with Crippen molar-refractivity contribution in [2.45, 2.75) is 32.7 Å². The van der Waals surface area contributed by atoms with E-state index in [1.807, 2.05) is 35.4 Å². The van der Waals surface area contributed by atoms with Gasteiger partial charge < -0.3 is 15.0 Å². The van der Waals surface area contributed by atoms with Gasteiger partial charge in [0, 0.05) is 32.0 Å².